The maximum absolute atomic E-state index is 10.5. The second-order valence-electron chi connectivity index (χ2n) is 6.25. The van der Waals surface area contributed by atoms with Crippen molar-refractivity contribution in [1.29, 1.82) is 0 Å². The van der Waals surface area contributed by atoms with Crippen LogP contribution in [0.15, 0.2) is 0 Å². The summed E-state index contributed by atoms with van der Waals surface area (Å²) in [5, 5.41) is 3.19. The molecule has 0 aromatic heterocycles. The van der Waals surface area contributed by atoms with Gasteiger partial charge in [-0.25, -0.2) is 0 Å². The van der Waals surface area contributed by atoms with E-state index >= 15 is 0 Å². The van der Waals surface area contributed by atoms with Crippen LogP contribution in [0.1, 0.15) is 70.6 Å². The molecular formula is C16H33NO4S2. The molecule has 0 heterocycles. The smallest absolute Gasteiger partial charge is 0.319 e. The summed E-state index contributed by atoms with van der Waals surface area (Å²) in [6.45, 7) is 2.46. The van der Waals surface area contributed by atoms with Gasteiger partial charge in [-0.3, -0.25) is 4.55 Å². The van der Waals surface area contributed by atoms with E-state index in [1.165, 1.54) is 64.2 Å². The molecule has 1 fully saturated rings. The molecule has 2 N–H and O–H groups in total. The minimum atomic E-state index is -3.88. The molecule has 1 aliphatic rings. The summed E-state index contributed by atoms with van der Waals surface area (Å²) < 4.78 is 35.4. The highest BCUT2D eigenvalue weighted by Gasteiger charge is 2.12. The minimum absolute atomic E-state index is 0.389. The SMILES string of the molecule is O=S(=O)(O)SCCNCCCCCCCCOC1CCCCC1. The van der Waals surface area contributed by atoms with E-state index in [-0.39, 0.29) is 0 Å². The van der Waals surface area contributed by atoms with Gasteiger partial charge in [0.2, 0.25) is 0 Å². The largest absolute Gasteiger partial charge is 0.378 e. The zero-order chi connectivity index (χ0) is 16.8. The van der Waals surface area contributed by atoms with E-state index in [1.807, 2.05) is 0 Å². The number of hydrogen-bond acceptors (Lipinski definition) is 5. The zero-order valence-electron chi connectivity index (χ0n) is 14.2. The van der Waals surface area contributed by atoms with E-state index in [1.54, 1.807) is 0 Å². The van der Waals surface area contributed by atoms with Gasteiger partial charge in [0.15, 0.2) is 0 Å². The summed E-state index contributed by atoms with van der Waals surface area (Å²) >= 11 is 0. The third-order valence-corrected chi connectivity index (χ3v) is 6.23. The Morgan fingerprint density at radius 2 is 1.61 bits per heavy atom. The Hall–Kier alpha value is 0.180. The topological polar surface area (TPSA) is 75.6 Å². The van der Waals surface area contributed by atoms with Crippen LogP contribution in [0.4, 0.5) is 0 Å². The lowest BCUT2D eigenvalue weighted by Crippen LogP contribution is -2.19. The van der Waals surface area contributed by atoms with Crippen molar-refractivity contribution in [3.8, 4) is 0 Å². The quantitative estimate of drug-likeness (QED) is 0.276. The Morgan fingerprint density at radius 1 is 0.957 bits per heavy atom. The van der Waals surface area contributed by atoms with Crippen molar-refractivity contribution in [3.05, 3.63) is 0 Å². The molecular weight excluding hydrogens is 334 g/mol. The Bertz CT molecular complexity index is 370. The molecule has 0 aliphatic heterocycles. The lowest BCUT2D eigenvalue weighted by atomic mass is 9.98. The van der Waals surface area contributed by atoms with Crippen molar-refractivity contribution in [2.24, 2.45) is 0 Å². The van der Waals surface area contributed by atoms with Gasteiger partial charge in [0, 0.05) is 18.9 Å². The summed E-state index contributed by atoms with van der Waals surface area (Å²) in [5.41, 5.74) is 0. The normalized spacial score (nSPS) is 16.7. The van der Waals surface area contributed by atoms with Crippen LogP contribution in [0, 0.1) is 0 Å². The monoisotopic (exact) mass is 367 g/mol. The van der Waals surface area contributed by atoms with E-state index < -0.39 is 9.15 Å². The highest BCUT2D eigenvalue weighted by Crippen LogP contribution is 2.20. The van der Waals surface area contributed by atoms with Crippen LogP contribution in [0.3, 0.4) is 0 Å². The zero-order valence-corrected chi connectivity index (χ0v) is 15.8. The molecule has 7 heteroatoms. The fourth-order valence-corrected chi connectivity index (χ4v) is 4.21. The molecule has 23 heavy (non-hydrogen) atoms. The third-order valence-electron chi connectivity index (χ3n) is 4.16. The van der Waals surface area contributed by atoms with Gasteiger partial charge in [-0.2, -0.15) is 8.42 Å². The fourth-order valence-electron chi connectivity index (χ4n) is 2.89. The first-order chi connectivity index (χ1) is 11.1. The maximum atomic E-state index is 10.5. The molecule has 0 bridgehead atoms. The maximum Gasteiger partial charge on any atom is 0.319 e. The predicted molar refractivity (Wildman–Crippen MR) is 97.4 cm³/mol. The lowest BCUT2D eigenvalue weighted by Gasteiger charge is -2.21. The number of nitrogens with one attached hydrogen (secondary N) is 1. The van der Waals surface area contributed by atoms with Crippen molar-refractivity contribution in [3.63, 3.8) is 0 Å². The predicted octanol–water partition coefficient (Wildman–Crippen LogP) is 3.80. The van der Waals surface area contributed by atoms with Gasteiger partial charge in [-0.05, 0) is 43.0 Å². The molecule has 1 rings (SSSR count). The molecule has 0 aromatic carbocycles. The summed E-state index contributed by atoms with van der Waals surface area (Å²) in [6.07, 6.45) is 14.4. The standard InChI is InChI=1S/C16H33NO4S2/c18-23(19,20)22-15-13-17-12-8-3-1-2-4-9-14-21-16-10-6-5-7-11-16/h16-17H,1-15H2,(H,18,19,20). The summed E-state index contributed by atoms with van der Waals surface area (Å²) in [6, 6.07) is 0. The third kappa shape index (κ3) is 14.2. The highest BCUT2D eigenvalue weighted by atomic mass is 33.1. The molecule has 0 amide bonds. The summed E-state index contributed by atoms with van der Waals surface area (Å²) in [7, 11) is -3.30. The van der Waals surface area contributed by atoms with Crippen LogP contribution in [0.2, 0.25) is 0 Å². The lowest BCUT2D eigenvalue weighted by molar-refractivity contribution is 0.0263. The van der Waals surface area contributed by atoms with E-state index in [0.29, 0.717) is 29.2 Å². The van der Waals surface area contributed by atoms with Gasteiger partial charge in [0.1, 0.15) is 0 Å². The van der Waals surface area contributed by atoms with Gasteiger partial charge in [0.05, 0.1) is 6.10 Å². The summed E-state index contributed by atoms with van der Waals surface area (Å²) in [4.78, 5) is 0. The number of hydrogen-bond donors (Lipinski definition) is 2. The Kier molecular flexibility index (Phi) is 12.4. The second-order valence-corrected chi connectivity index (χ2v) is 9.72. The van der Waals surface area contributed by atoms with Crippen LogP contribution < -0.4 is 5.32 Å². The molecule has 1 saturated carbocycles. The second kappa shape index (κ2) is 13.5. The molecule has 0 unspecified atom stereocenters. The average Bonchev–Trinajstić information content (AvgIpc) is 2.52. The van der Waals surface area contributed by atoms with Gasteiger partial charge in [-0.1, -0.05) is 44.9 Å². The fraction of sp³-hybridized carbons (Fsp3) is 1.00. The molecule has 0 spiro atoms. The number of unbranched alkanes of at least 4 members (excludes halogenated alkanes) is 5. The van der Waals surface area contributed by atoms with Crippen molar-refractivity contribution in [2.45, 2.75) is 76.7 Å². The summed E-state index contributed by atoms with van der Waals surface area (Å²) in [5.74, 6) is 0.389. The number of rotatable bonds is 14. The van der Waals surface area contributed by atoms with Gasteiger partial charge in [-0.15, -0.1) is 0 Å². The van der Waals surface area contributed by atoms with Crippen LogP contribution in [-0.4, -0.2) is 44.5 Å². The minimum Gasteiger partial charge on any atom is -0.378 e. The highest BCUT2D eigenvalue weighted by molar-refractivity contribution is 8.69. The molecule has 0 saturated heterocycles. The molecule has 0 atom stereocenters. The van der Waals surface area contributed by atoms with E-state index in [2.05, 4.69) is 5.32 Å². The van der Waals surface area contributed by atoms with Gasteiger partial charge >= 0.3 is 9.15 Å². The number of ether oxygens (including phenoxy) is 1. The van der Waals surface area contributed by atoms with E-state index in [4.69, 9.17) is 9.29 Å². The molecule has 138 valence electrons. The van der Waals surface area contributed by atoms with E-state index in [0.717, 1.165) is 19.6 Å². The van der Waals surface area contributed by atoms with Crippen LogP contribution >= 0.6 is 10.8 Å². The molecule has 1 aliphatic carbocycles. The average molecular weight is 368 g/mol. The first-order valence-corrected chi connectivity index (χ1v) is 12.0. The van der Waals surface area contributed by atoms with Gasteiger partial charge in [0.25, 0.3) is 0 Å². The Morgan fingerprint density at radius 3 is 2.30 bits per heavy atom. The first-order valence-electron chi connectivity index (χ1n) is 9.02. The molecule has 5 nitrogen and oxygen atoms in total. The van der Waals surface area contributed by atoms with Crippen molar-refractivity contribution in [1.82, 2.24) is 5.32 Å². The van der Waals surface area contributed by atoms with E-state index in [9.17, 15) is 8.42 Å². The van der Waals surface area contributed by atoms with Crippen molar-refractivity contribution < 1.29 is 17.7 Å². The molecule has 0 aromatic rings. The van der Waals surface area contributed by atoms with Crippen molar-refractivity contribution in [2.75, 3.05) is 25.4 Å². The van der Waals surface area contributed by atoms with Crippen LogP contribution in [-0.2, 0) is 13.9 Å². The Balaban J connectivity index is 1.73. The Labute approximate surface area is 145 Å². The van der Waals surface area contributed by atoms with Crippen LogP contribution in [0.5, 0.6) is 0 Å². The molecule has 0 radical (unpaired) electrons. The van der Waals surface area contributed by atoms with Crippen LogP contribution in [0.25, 0.3) is 0 Å². The van der Waals surface area contributed by atoms with Gasteiger partial charge < -0.3 is 10.1 Å². The first kappa shape index (κ1) is 21.2. The van der Waals surface area contributed by atoms with Crippen molar-refractivity contribution >= 4 is 19.9 Å².